The second-order valence-corrected chi connectivity index (χ2v) is 15.0. The van der Waals surface area contributed by atoms with Crippen LogP contribution in [0, 0.1) is 29.6 Å². The second kappa shape index (κ2) is 23.6. The summed E-state index contributed by atoms with van der Waals surface area (Å²) >= 11 is 0. The van der Waals surface area contributed by atoms with E-state index in [9.17, 15) is 9.59 Å². The first-order valence-corrected chi connectivity index (χ1v) is 19.0. The number of tetrazole rings is 1. The van der Waals surface area contributed by atoms with Gasteiger partial charge in [0.2, 0.25) is 0 Å². The summed E-state index contributed by atoms with van der Waals surface area (Å²) in [4.78, 5) is 28.1. The Morgan fingerprint density at radius 2 is 1.67 bits per heavy atom. The van der Waals surface area contributed by atoms with Crippen molar-refractivity contribution in [2.45, 2.75) is 157 Å². The first-order valence-electron chi connectivity index (χ1n) is 19.0. The molecular formula is C41H68N4O3. The number of hydrogen-bond donors (Lipinski definition) is 0. The van der Waals surface area contributed by atoms with Crippen LogP contribution < -0.4 is 0 Å². The van der Waals surface area contributed by atoms with Crippen LogP contribution >= 0.6 is 0 Å². The van der Waals surface area contributed by atoms with Crippen molar-refractivity contribution in [1.29, 1.82) is 0 Å². The molecule has 1 heterocycles. The molecule has 1 aromatic rings. The Morgan fingerprint density at radius 1 is 0.938 bits per heavy atom. The van der Waals surface area contributed by atoms with Gasteiger partial charge in [0.25, 0.3) is 0 Å². The molecule has 0 bridgehead atoms. The van der Waals surface area contributed by atoms with Crippen LogP contribution in [0.2, 0.25) is 0 Å². The van der Waals surface area contributed by atoms with Crippen molar-refractivity contribution in [3.05, 3.63) is 53.9 Å². The van der Waals surface area contributed by atoms with Crippen LogP contribution in [0.5, 0.6) is 0 Å². The summed E-state index contributed by atoms with van der Waals surface area (Å²) in [5.41, 5.74) is 2.46. The van der Waals surface area contributed by atoms with Crippen molar-refractivity contribution in [2.24, 2.45) is 29.6 Å². The van der Waals surface area contributed by atoms with E-state index in [1.807, 2.05) is 26.8 Å². The highest BCUT2D eigenvalue weighted by Gasteiger charge is 2.26. The van der Waals surface area contributed by atoms with Gasteiger partial charge in [0.05, 0.1) is 6.04 Å². The number of nitrogens with zero attached hydrogens (tertiary/aromatic N) is 4. The first-order chi connectivity index (χ1) is 23.0. The highest BCUT2D eigenvalue weighted by Crippen LogP contribution is 2.35. The molecule has 0 radical (unpaired) electrons. The van der Waals surface area contributed by atoms with E-state index < -0.39 is 6.10 Å². The first kappa shape index (κ1) is 41.5. The van der Waals surface area contributed by atoms with Crippen LogP contribution in [-0.2, 0) is 14.3 Å². The lowest BCUT2D eigenvalue weighted by Gasteiger charge is -2.29. The van der Waals surface area contributed by atoms with E-state index in [-0.39, 0.29) is 23.4 Å². The molecule has 2 unspecified atom stereocenters. The van der Waals surface area contributed by atoms with Crippen molar-refractivity contribution in [3.63, 3.8) is 0 Å². The molecule has 0 saturated heterocycles. The van der Waals surface area contributed by atoms with Crippen LogP contribution in [-0.4, -0.2) is 45.0 Å². The largest absolute Gasteiger partial charge is 0.373 e. The second-order valence-electron chi connectivity index (χ2n) is 15.0. The van der Waals surface area contributed by atoms with Crippen molar-refractivity contribution in [2.75, 3.05) is 7.11 Å². The highest BCUT2D eigenvalue weighted by molar-refractivity contribution is 5.85. The number of carbonyl (C=O) groups excluding carboxylic acids is 2. The maximum atomic E-state index is 13.3. The van der Waals surface area contributed by atoms with Gasteiger partial charge in [0.15, 0.2) is 12.1 Å². The van der Waals surface area contributed by atoms with Gasteiger partial charge >= 0.3 is 0 Å². The molecule has 270 valence electrons. The summed E-state index contributed by atoms with van der Waals surface area (Å²) in [6.07, 6.45) is 30.1. The summed E-state index contributed by atoms with van der Waals surface area (Å²) in [5, 5.41) is 12.1. The van der Waals surface area contributed by atoms with Crippen LogP contribution in [0.3, 0.4) is 0 Å². The molecule has 48 heavy (non-hydrogen) atoms. The van der Waals surface area contributed by atoms with Gasteiger partial charge in [-0.25, -0.2) is 0 Å². The van der Waals surface area contributed by atoms with Crippen molar-refractivity contribution in [1.82, 2.24) is 20.2 Å². The molecule has 1 aliphatic rings. The fraction of sp³-hybridized carbons (Fsp3) is 0.732. The van der Waals surface area contributed by atoms with E-state index >= 15 is 0 Å². The van der Waals surface area contributed by atoms with Gasteiger partial charge in [-0.2, -0.15) is 4.80 Å². The predicted molar refractivity (Wildman–Crippen MR) is 199 cm³/mol. The number of aromatic nitrogens is 4. The zero-order valence-electron chi connectivity index (χ0n) is 31.7. The summed E-state index contributed by atoms with van der Waals surface area (Å²) in [6, 6.07) is 0.373. The number of methoxy groups -OCH3 is 1. The van der Waals surface area contributed by atoms with E-state index in [1.54, 1.807) is 11.9 Å². The number of carbonyl (C=O) groups is 2. The molecule has 1 aromatic heterocycles. The van der Waals surface area contributed by atoms with Gasteiger partial charge in [0, 0.05) is 31.8 Å². The minimum absolute atomic E-state index is 0.101. The Hall–Kier alpha value is -2.67. The van der Waals surface area contributed by atoms with Crippen LogP contribution in [0.4, 0.5) is 0 Å². The topological polar surface area (TPSA) is 87.0 Å². The maximum Gasteiger partial charge on any atom is 0.164 e. The molecule has 0 amide bonds. The van der Waals surface area contributed by atoms with Crippen LogP contribution in [0.1, 0.15) is 151 Å². The Balaban J connectivity index is 1.71. The third-order valence-electron chi connectivity index (χ3n) is 10.2. The lowest BCUT2D eigenvalue weighted by Crippen LogP contribution is -2.29. The van der Waals surface area contributed by atoms with E-state index in [0.29, 0.717) is 36.6 Å². The van der Waals surface area contributed by atoms with Crippen molar-refractivity contribution < 1.29 is 14.3 Å². The predicted octanol–water partition coefficient (Wildman–Crippen LogP) is 10.4. The number of ketones is 2. The highest BCUT2D eigenvalue weighted by atomic mass is 16.5. The molecule has 0 aromatic carbocycles. The maximum absolute atomic E-state index is 13.3. The number of unbranched alkanes of at least 4 members (excludes halogenated alkanes) is 4. The number of hydrogen-bond acceptors (Lipinski definition) is 6. The Labute approximate surface area is 293 Å². The van der Waals surface area contributed by atoms with Gasteiger partial charge in [0.1, 0.15) is 11.9 Å². The monoisotopic (exact) mass is 665 g/mol. The van der Waals surface area contributed by atoms with Crippen LogP contribution in [0.15, 0.2) is 53.9 Å². The SMILES string of the molecule is CCCCCCC/C(C)=C/C=C/C=C/[C@@H](C)CC(C)C(=O)C(C/C(C)=C/[C@@H](C)C(=O)CC[C@H](C)CC1CCC(n2ncnn2)CC1)OC. The summed E-state index contributed by atoms with van der Waals surface area (Å²) in [7, 11) is 1.62. The molecule has 0 aliphatic heterocycles. The molecule has 5 atom stereocenters. The lowest BCUT2D eigenvalue weighted by atomic mass is 9.80. The number of rotatable bonds is 24. The zero-order chi connectivity index (χ0) is 35.3. The Bertz CT molecular complexity index is 1160. The van der Waals surface area contributed by atoms with Crippen molar-refractivity contribution in [3.8, 4) is 0 Å². The normalized spacial score (nSPS) is 21.0. The van der Waals surface area contributed by atoms with Crippen molar-refractivity contribution >= 4 is 11.6 Å². The lowest BCUT2D eigenvalue weighted by molar-refractivity contribution is -0.132. The van der Waals surface area contributed by atoms with E-state index in [2.05, 4.69) is 73.5 Å². The van der Waals surface area contributed by atoms with Gasteiger partial charge in [-0.1, -0.05) is 108 Å². The molecule has 7 heteroatoms. The third-order valence-corrected chi connectivity index (χ3v) is 10.2. The number of ether oxygens (including phenoxy) is 1. The van der Waals surface area contributed by atoms with E-state index in [4.69, 9.17) is 4.74 Å². The third kappa shape index (κ3) is 16.6. The Morgan fingerprint density at radius 3 is 2.33 bits per heavy atom. The average molecular weight is 665 g/mol. The summed E-state index contributed by atoms with van der Waals surface area (Å²) in [5.74, 6) is 1.68. The molecule has 0 spiro atoms. The smallest absolute Gasteiger partial charge is 0.164 e. The van der Waals surface area contributed by atoms with Gasteiger partial charge in [-0.3, -0.25) is 9.59 Å². The summed E-state index contributed by atoms with van der Waals surface area (Å²) < 4.78 is 5.67. The molecule has 0 N–H and O–H groups in total. The van der Waals surface area contributed by atoms with E-state index in [0.717, 1.165) is 31.3 Å². The van der Waals surface area contributed by atoms with Gasteiger partial charge in [-0.15, -0.1) is 10.2 Å². The molecule has 1 saturated carbocycles. The number of allylic oxidation sites excluding steroid dienone is 7. The molecule has 7 nitrogen and oxygen atoms in total. The molecule has 2 rings (SSSR count). The molecule has 1 aliphatic carbocycles. The van der Waals surface area contributed by atoms with Gasteiger partial charge < -0.3 is 4.74 Å². The fourth-order valence-electron chi connectivity index (χ4n) is 7.14. The average Bonchev–Trinajstić information content (AvgIpc) is 3.61. The quantitative estimate of drug-likeness (QED) is 0.0621. The summed E-state index contributed by atoms with van der Waals surface area (Å²) in [6.45, 7) is 14.9. The standard InChI is InChI=1S/C41H68N4O3/c1-9-10-11-12-14-17-31(2)18-15-13-16-19-32(3)26-36(7)41(47)40(48-8)29-34(5)27-35(6)39(46)25-20-33(4)28-37-21-23-38(24-22-37)45-43-30-42-44-45/h13,15-16,18-19,27,30,32-33,35-38,40H,9-12,14,17,20-26,28-29H2,1-8H3/b15-13+,19-16+,31-18+,34-27+/t32-,33+,35-,36?,37?,38?,40?/m1/s1. The molecule has 1 fully saturated rings. The van der Waals surface area contributed by atoms with Gasteiger partial charge in [-0.05, 0) is 94.6 Å². The molecular weight excluding hydrogens is 596 g/mol. The Kier molecular flexibility index (Phi) is 20.4. The zero-order valence-corrected chi connectivity index (χ0v) is 31.7. The van der Waals surface area contributed by atoms with Crippen LogP contribution in [0.25, 0.3) is 0 Å². The fourth-order valence-corrected chi connectivity index (χ4v) is 7.14. The minimum Gasteiger partial charge on any atom is -0.373 e. The minimum atomic E-state index is -0.486. The van der Waals surface area contributed by atoms with E-state index in [1.165, 1.54) is 69.7 Å². The number of Topliss-reactive ketones (excluding diaryl/α,β-unsaturated/α-hetero) is 2.